The lowest BCUT2D eigenvalue weighted by Gasteiger charge is -2.18. The summed E-state index contributed by atoms with van der Waals surface area (Å²) in [5.74, 6) is -1.01. The molecule has 1 atom stereocenters. The number of carbonyl (C=O) groups excluding carboxylic acids is 3. The highest BCUT2D eigenvalue weighted by atomic mass is 16.6. The SMILES string of the molecule is CC/C=C\C/C=C\C/C=C\C/C=C\CCC(=O)OCC(COC(=O)CCCCCCCCC/C=C\C/C=C\C/C=C\CC)OC(=O)CCCCCCC/C=C\CCCCCCCC. The van der Waals surface area contributed by atoms with Crippen LogP contribution in [0.3, 0.4) is 0 Å². The van der Waals surface area contributed by atoms with Crippen LogP contribution < -0.4 is 0 Å². The Balaban J connectivity index is 4.49. The number of rotatable bonds is 45. The number of ether oxygens (including phenoxy) is 3. The first-order valence-electron chi connectivity index (χ1n) is 25.7. The highest BCUT2D eigenvalue weighted by Gasteiger charge is 2.19. The molecule has 63 heavy (non-hydrogen) atoms. The van der Waals surface area contributed by atoms with Crippen molar-refractivity contribution in [2.24, 2.45) is 0 Å². The third kappa shape index (κ3) is 49.2. The molecule has 0 amide bonds. The molecule has 0 aromatic carbocycles. The van der Waals surface area contributed by atoms with Gasteiger partial charge in [-0.3, -0.25) is 14.4 Å². The van der Waals surface area contributed by atoms with E-state index in [9.17, 15) is 14.4 Å². The molecule has 0 N–H and O–H groups in total. The average molecular weight is 875 g/mol. The van der Waals surface area contributed by atoms with Crippen LogP contribution in [0.15, 0.2) is 97.2 Å². The standard InChI is InChI=1S/C57H94O6/c1-4-7-10-13-16-19-22-25-27-28-30-32-35-38-41-44-47-50-56(59)62-53-54(52-61-55(58)49-46-43-40-37-34-31-24-21-18-15-12-9-6-3)63-57(60)51-48-45-42-39-36-33-29-26-23-20-17-14-11-8-5-2/h7,9-10,12,16,18-19,21,25-27,29,31,34,40,43,54H,4-6,8,11,13-15,17,20,22-24,28,30,32-33,35-39,41-42,44-53H2,1-3H3/b10-7-,12-9-,19-16-,21-18-,27-25-,29-26-,34-31-,43-40-. The molecule has 0 aliphatic carbocycles. The van der Waals surface area contributed by atoms with Gasteiger partial charge in [0, 0.05) is 19.3 Å². The second-order valence-corrected chi connectivity index (χ2v) is 16.7. The first-order chi connectivity index (χ1) is 31.0. The van der Waals surface area contributed by atoms with Crippen LogP contribution in [0.1, 0.15) is 226 Å². The van der Waals surface area contributed by atoms with Crippen LogP contribution in [-0.4, -0.2) is 37.2 Å². The van der Waals surface area contributed by atoms with E-state index in [1.165, 1.54) is 77.0 Å². The van der Waals surface area contributed by atoms with E-state index in [2.05, 4.69) is 106 Å². The van der Waals surface area contributed by atoms with E-state index in [0.29, 0.717) is 19.3 Å². The summed E-state index contributed by atoms with van der Waals surface area (Å²) in [6, 6.07) is 0. The predicted octanol–water partition coefficient (Wildman–Crippen LogP) is 17.0. The molecular weight excluding hydrogens is 781 g/mol. The van der Waals surface area contributed by atoms with Crippen molar-refractivity contribution in [2.75, 3.05) is 13.2 Å². The van der Waals surface area contributed by atoms with Gasteiger partial charge in [-0.1, -0.05) is 201 Å². The van der Waals surface area contributed by atoms with Crippen molar-refractivity contribution >= 4 is 17.9 Å². The van der Waals surface area contributed by atoms with Gasteiger partial charge in [0.2, 0.25) is 0 Å². The molecule has 0 heterocycles. The molecule has 0 aromatic rings. The normalized spacial score (nSPS) is 12.9. The maximum Gasteiger partial charge on any atom is 0.306 e. The second kappa shape index (κ2) is 51.0. The van der Waals surface area contributed by atoms with E-state index in [-0.39, 0.29) is 37.5 Å². The van der Waals surface area contributed by atoms with E-state index in [0.717, 1.165) is 103 Å². The van der Waals surface area contributed by atoms with Crippen molar-refractivity contribution in [1.82, 2.24) is 0 Å². The molecular formula is C57H94O6. The van der Waals surface area contributed by atoms with Crippen LogP contribution in [0.4, 0.5) is 0 Å². The van der Waals surface area contributed by atoms with Gasteiger partial charge in [0.1, 0.15) is 13.2 Å². The molecule has 0 aliphatic heterocycles. The summed E-state index contributed by atoms with van der Waals surface area (Å²) in [4.78, 5) is 37.9. The van der Waals surface area contributed by atoms with Crippen molar-refractivity contribution in [1.29, 1.82) is 0 Å². The smallest absolute Gasteiger partial charge is 0.306 e. The van der Waals surface area contributed by atoms with Gasteiger partial charge in [-0.2, -0.15) is 0 Å². The molecule has 0 spiro atoms. The summed E-state index contributed by atoms with van der Waals surface area (Å²) in [6.45, 7) is 6.32. The molecule has 0 aromatic heterocycles. The maximum atomic E-state index is 12.8. The molecule has 0 radical (unpaired) electrons. The van der Waals surface area contributed by atoms with Gasteiger partial charge in [-0.25, -0.2) is 0 Å². The quantitative estimate of drug-likeness (QED) is 0.0262. The van der Waals surface area contributed by atoms with Gasteiger partial charge in [-0.05, 0) is 103 Å². The van der Waals surface area contributed by atoms with Crippen molar-refractivity contribution < 1.29 is 28.6 Å². The lowest BCUT2D eigenvalue weighted by molar-refractivity contribution is -0.166. The molecule has 0 saturated heterocycles. The summed E-state index contributed by atoms with van der Waals surface area (Å²) in [5, 5.41) is 0. The van der Waals surface area contributed by atoms with E-state index in [1.807, 2.05) is 12.2 Å². The zero-order valence-electron chi connectivity index (χ0n) is 40.8. The third-order valence-corrected chi connectivity index (χ3v) is 10.6. The molecule has 1 unspecified atom stereocenters. The van der Waals surface area contributed by atoms with Crippen LogP contribution in [0.2, 0.25) is 0 Å². The van der Waals surface area contributed by atoms with Crippen LogP contribution in [-0.2, 0) is 28.6 Å². The number of unbranched alkanes of at least 4 members (excludes halogenated alkanes) is 18. The minimum absolute atomic E-state index is 0.109. The lowest BCUT2D eigenvalue weighted by atomic mass is 10.1. The minimum atomic E-state index is -0.815. The van der Waals surface area contributed by atoms with E-state index < -0.39 is 6.10 Å². The first kappa shape index (κ1) is 59.3. The number of allylic oxidation sites excluding steroid dienone is 16. The number of esters is 3. The third-order valence-electron chi connectivity index (χ3n) is 10.6. The van der Waals surface area contributed by atoms with Gasteiger partial charge < -0.3 is 14.2 Å². The van der Waals surface area contributed by atoms with Gasteiger partial charge in [0.15, 0.2) is 6.10 Å². The summed E-state index contributed by atoms with van der Waals surface area (Å²) < 4.78 is 16.7. The zero-order chi connectivity index (χ0) is 45.8. The topological polar surface area (TPSA) is 78.9 Å². The Kier molecular flexibility index (Phi) is 48.0. The van der Waals surface area contributed by atoms with Gasteiger partial charge in [-0.15, -0.1) is 0 Å². The lowest BCUT2D eigenvalue weighted by Crippen LogP contribution is -2.30. The molecule has 6 nitrogen and oxygen atoms in total. The largest absolute Gasteiger partial charge is 0.462 e. The van der Waals surface area contributed by atoms with Gasteiger partial charge >= 0.3 is 17.9 Å². The Hall–Kier alpha value is -3.67. The Labute approximate surface area is 387 Å². The van der Waals surface area contributed by atoms with Crippen molar-refractivity contribution in [2.45, 2.75) is 232 Å². The van der Waals surface area contributed by atoms with Gasteiger partial charge in [0.05, 0.1) is 0 Å². The number of hydrogen-bond donors (Lipinski definition) is 0. The highest BCUT2D eigenvalue weighted by molar-refractivity contribution is 5.71. The zero-order valence-corrected chi connectivity index (χ0v) is 40.8. The molecule has 0 rings (SSSR count). The Bertz CT molecular complexity index is 1280. The van der Waals surface area contributed by atoms with Crippen LogP contribution in [0.5, 0.6) is 0 Å². The number of carbonyl (C=O) groups is 3. The molecule has 0 fully saturated rings. The summed E-state index contributed by atoms with van der Waals surface area (Å²) >= 11 is 0. The van der Waals surface area contributed by atoms with E-state index in [1.54, 1.807) is 0 Å². The van der Waals surface area contributed by atoms with Crippen molar-refractivity contribution in [3.05, 3.63) is 97.2 Å². The highest BCUT2D eigenvalue weighted by Crippen LogP contribution is 2.13. The Morgan fingerprint density at radius 2 is 0.651 bits per heavy atom. The summed E-state index contributed by atoms with van der Waals surface area (Å²) in [5.41, 5.74) is 0. The fraction of sp³-hybridized carbons (Fsp3) is 0.667. The molecule has 358 valence electrons. The van der Waals surface area contributed by atoms with Crippen molar-refractivity contribution in [3.63, 3.8) is 0 Å². The molecule has 6 heteroatoms. The summed E-state index contributed by atoms with van der Waals surface area (Å²) in [7, 11) is 0. The maximum absolute atomic E-state index is 12.8. The molecule has 0 bridgehead atoms. The van der Waals surface area contributed by atoms with E-state index >= 15 is 0 Å². The monoisotopic (exact) mass is 875 g/mol. The minimum Gasteiger partial charge on any atom is -0.462 e. The fourth-order valence-electron chi connectivity index (χ4n) is 6.76. The van der Waals surface area contributed by atoms with Crippen LogP contribution >= 0.6 is 0 Å². The predicted molar refractivity (Wildman–Crippen MR) is 270 cm³/mol. The fourth-order valence-corrected chi connectivity index (χ4v) is 6.76. The molecule has 0 saturated carbocycles. The summed E-state index contributed by atoms with van der Waals surface area (Å²) in [6.07, 6.45) is 66.9. The van der Waals surface area contributed by atoms with Crippen molar-refractivity contribution in [3.8, 4) is 0 Å². The number of hydrogen-bond acceptors (Lipinski definition) is 6. The average Bonchev–Trinajstić information content (AvgIpc) is 3.28. The first-order valence-corrected chi connectivity index (χ1v) is 25.7. The van der Waals surface area contributed by atoms with Gasteiger partial charge in [0.25, 0.3) is 0 Å². The van der Waals surface area contributed by atoms with Crippen LogP contribution in [0.25, 0.3) is 0 Å². The Morgan fingerprint density at radius 1 is 0.333 bits per heavy atom. The van der Waals surface area contributed by atoms with E-state index in [4.69, 9.17) is 14.2 Å². The van der Waals surface area contributed by atoms with Crippen LogP contribution in [0, 0.1) is 0 Å². The molecule has 0 aliphatic rings. The second-order valence-electron chi connectivity index (χ2n) is 16.7. The Morgan fingerprint density at radius 3 is 1.08 bits per heavy atom.